The molecule has 0 aromatic carbocycles. The third kappa shape index (κ3) is 4.51. The molecule has 2 heterocycles. The standard InChI is InChI=1S/C16H26N4O2S/c1-3-4-7-18-15(21)12-6-5-11(2)20(9-12)16(22)13-10-23-14(8-17)19-13/h10-12H,3-9,17H2,1-2H3,(H,18,21). The summed E-state index contributed by atoms with van der Waals surface area (Å²) in [5.74, 6) is -0.164. The van der Waals surface area contributed by atoms with E-state index in [-0.39, 0.29) is 23.8 Å². The highest BCUT2D eigenvalue weighted by Crippen LogP contribution is 2.24. The van der Waals surface area contributed by atoms with Crippen LogP contribution in [0.2, 0.25) is 0 Å². The number of nitrogens with one attached hydrogen (secondary N) is 1. The van der Waals surface area contributed by atoms with Crippen LogP contribution in [-0.2, 0) is 11.3 Å². The summed E-state index contributed by atoms with van der Waals surface area (Å²) < 4.78 is 0. The third-order valence-corrected chi connectivity index (χ3v) is 5.16. The molecular weight excluding hydrogens is 312 g/mol. The van der Waals surface area contributed by atoms with E-state index in [9.17, 15) is 9.59 Å². The van der Waals surface area contributed by atoms with Gasteiger partial charge in [0.25, 0.3) is 5.91 Å². The first-order chi connectivity index (χ1) is 11.1. The van der Waals surface area contributed by atoms with Crippen LogP contribution in [0, 0.1) is 5.92 Å². The summed E-state index contributed by atoms with van der Waals surface area (Å²) >= 11 is 1.40. The van der Waals surface area contributed by atoms with Crippen LogP contribution in [0.4, 0.5) is 0 Å². The van der Waals surface area contributed by atoms with E-state index in [1.54, 1.807) is 10.3 Å². The van der Waals surface area contributed by atoms with E-state index < -0.39 is 0 Å². The number of carbonyl (C=O) groups is 2. The van der Waals surface area contributed by atoms with Crippen molar-refractivity contribution in [1.82, 2.24) is 15.2 Å². The largest absolute Gasteiger partial charge is 0.356 e. The summed E-state index contributed by atoms with van der Waals surface area (Å²) in [4.78, 5) is 31.0. The third-order valence-electron chi connectivity index (χ3n) is 4.29. The highest BCUT2D eigenvalue weighted by atomic mass is 32.1. The van der Waals surface area contributed by atoms with Crippen LogP contribution in [0.25, 0.3) is 0 Å². The molecule has 0 bridgehead atoms. The van der Waals surface area contributed by atoms with Crippen LogP contribution < -0.4 is 11.1 Å². The Kier molecular flexibility index (Phi) is 6.53. The van der Waals surface area contributed by atoms with Gasteiger partial charge in [-0.25, -0.2) is 4.98 Å². The Morgan fingerprint density at radius 2 is 2.26 bits per heavy atom. The quantitative estimate of drug-likeness (QED) is 0.774. The summed E-state index contributed by atoms with van der Waals surface area (Å²) in [6.45, 7) is 5.64. The van der Waals surface area contributed by atoms with E-state index in [0.29, 0.717) is 25.3 Å². The molecule has 23 heavy (non-hydrogen) atoms. The summed E-state index contributed by atoms with van der Waals surface area (Å²) in [7, 11) is 0. The number of rotatable bonds is 6. The van der Waals surface area contributed by atoms with E-state index in [4.69, 9.17) is 5.73 Å². The number of piperidine rings is 1. The molecule has 2 atom stereocenters. The molecule has 1 saturated heterocycles. The van der Waals surface area contributed by atoms with E-state index in [0.717, 1.165) is 30.7 Å². The molecule has 1 aromatic heterocycles. The molecule has 6 nitrogen and oxygen atoms in total. The lowest BCUT2D eigenvalue weighted by molar-refractivity contribution is -0.126. The van der Waals surface area contributed by atoms with E-state index in [1.165, 1.54) is 11.3 Å². The molecule has 0 spiro atoms. The molecule has 0 saturated carbocycles. The van der Waals surface area contributed by atoms with Crippen LogP contribution in [0.15, 0.2) is 5.38 Å². The van der Waals surface area contributed by atoms with Crippen molar-refractivity contribution in [1.29, 1.82) is 0 Å². The Balaban J connectivity index is 1.99. The molecule has 0 radical (unpaired) electrons. The van der Waals surface area contributed by atoms with Gasteiger partial charge in [-0.05, 0) is 26.2 Å². The number of nitrogens with two attached hydrogens (primary N) is 1. The molecule has 2 unspecified atom stereocenters. The topological polar surface area (TPSA) is 88.3 Å². The number of hydrogen-bond donors (Lipinski definition) is 2. The molecule has 1 aliphatic heterocycles. The summed E-state index contributed by atoms with van der Waals surface area (Å²) in [6.07, 6.45) is 3.71. The lowest BCUT2D eigenvalue weighted by Gasteiger charge is -2.37. The van der Waals surface area contributed by atoms with Crippen molar-refractivity contribution in [3.63, 3.8) is 0 Å². The van der Waals surface area contributed by atoms with Gasteiger partial charge in [0.2, 0.25) is 5.91 Å². The van der Waals surface area contributed by atoms with Gasteiger partial charge in [0.05, 0.1) is 5.92 Å². The van der Waals surface area contributed by atoms with E-state index >= 15 is 0 Å². The van der Waals surface area contributed by atoms with Crippen molar-refractivity contribution in [2.45, 2.75) is 52.1 Å². The molecular formula is C16H26N4O2S. The number of likely N-dealkylation sites (tertiary alicyclic amines) is 1. The van der Waals surface area contributed by atoms with Crippen LogP contribution in [0.5, 0.6) is 0 Å². The fraction of sp³-hybridized carbons (Fsp3) is 0.688. The second-order valence-corrected chi connectivity index (χ2v) is 7.00. The van der Waals surface area contributed by atoms with Gasteiger partial charge in [-0.2, -0.15) is 0 Å². The lowest BCUT2D eigenvalue weighted by atomic mass is 9.92. The second-order valence-electron chi connectivity index (χ2n) is 6.06. The number of hydrogen-bond acceptors (Lipinski definition) is 5. The zero-order valence-corrected chi connectivity index (χ0v) is 14.7. The molecule has 2 rings (SSSR count). The first kappa shape index (κ1) is 17.9. The number of unbranched alkanes of at least 4 members (excludes halogenated alkanes) is 1. The molecule has 7 heteroatoms. The minimum atomic E-state index is -0.125. The van der Waals surface area contributed by atoms with Gasteiger partial charge in [-0.3, -0.25) is 9.59 Å². The van der Waals surface area contributed by atoms with Gasteiger partial charge in [0, 0.05) is 31.1 Å². The summed E-state index contributed by atoms with van der Waals surface area (Å²) in [6, 6.07) is 0.130. The van der Waals surface area contributed by atoms with Crippen molar-refractivity contribution in [2.24, 2.45) is 11.7 Å². The fourth-order valence-corrected chi connectivity index (χ4v) is 3.44. The Morgan fingerprint density at radius 3 is 2.91 bits per heavy atom. The number of thiazole rings is 1. The maximum Gasteiger partial charge on any atom is 0.273 e. The van der Waals surface area contributed by atoms with Gasteiger partial charge in [0.1, 0.15) is 10.7 Å². The molecule has 0 aliphatic carbocycles. The Labute approximate surface area is 141 Å². The Bertz CT molecular complexity index is 546. The van der Waals surface area contributed by atoms with Crippen LogP contribution in [0.3, 0.4) is 0 Å². The van der Waals surface area contributed by atoms with Gasteiger partial charge in [0.15, 0.2) is 0 Å². The van der Waals surface area contributed by atoms with Crippen LogP contribution >= 0.6 is 11.3 Å². The minimum absolute atomic E-state index is 0.0593. The summed E-state index contributed by atoms with van der Waals surface area (Å²) in [5, 5.41) is 5.48. The average Bonchev–Trinajstić information content (AvgIpc) is 3.04. The smallest absolute Gasteiger partial charge is 0.273 e. The SMILES string of the molecule is CCCCNC(=O)C1CCC(C)N(C(=O)c2csc(CN)n2)C1. The molecule has 128 valence electrons. The van der Waals surface area contributed by atoms with Crippen LogP contribution in [-0.4, -0.2) is 40.8 Å². The molecule has 1 aromatic rings. The summed E-state index contributed by atoms with van der Waals surface area (Å²) in [5.41, 5.74) is 6.00. The molecule has 2 amide bonds. The van der Waals surface area contributed by atoms with Gasteiger partial charge in [-0.15, -0.1) is 11.3 Å². The Hall–Kier alpha value is -1.47. The number of carbonyl (C=O) groups excluding carboxylic acids is 2. The van der Waals surface area contributed by atoms with Crippen molar-refractivity contribution in [2.75, 3.05) is 13.1 Å². The van der Waals surface area contributed by atoms with Crippen molar-refractivity contribution < 1.29 is 9.59 Å². The van der Waals surface area contributed by atoms with Crippen molar-refractivity contribution >= 4 is 23.2 Å². The number of amides is 2. The minimum Gasteiger partial charge on any atom is -0.356 e. The molecule has 1 aliphatic rings. The second kappa shape index (κ2) is 8.40. The zero-order chi connectivity index (χ0) is 16.8. The molecule has 1 fully saturated rings. The van der Waals surface area contributed by atoms with Gasteiger partial charge < -0.3 is 16.0 Å². The Morgan fingerprint density at radius 1 is 1.48 bits per heavy atom. The first-order valence-corrected chi connectivity index (χ1v) is 9.17. The van der Waals surface area contributed by atoms with Gasteiger partial charge >= 0.3 is 0 Å². The fourth-order valence-electron chi connectivity index (χ4n) is 2.79. The number of aromatic nitrogens is 1. The normalized spacial score (nSPS) is 21.3. The predicted molar refractivity (Wildman–Crippen MR) is 91.1 cm³/mol. The van der Waals surface area contributed by atoms with Gasteiger partial charge in [-0.1, -0.05) is 13.3 Å². The van der Waals surface area contributed by atoms with E-state index in [2.05, 4.69) is 17.2 Å². The predicted octanol–water partition coefficient (Wildman–Crippen LogP) is 1.76. The van der Waals surface area contributed by atoms with Crippen LogP contribution in [0.1, 0.15) is 55.0 Å². The zero-order valence-electron chi connectivity index (χ0n) is 13.9. The maximum atomic E-state index is 12.7. The number of nitrogens with zero attached hydrogens (tertiary/aromatic N) is 2. The van der Waals surface area contributed by atoms with Crippen molar-refractivity contribution in [3.8, 4) is 0 Å². The van der Waals surface area contributed by atoms with Crippen molar-refractivity contribution in [3.05, 3.63) is 16.1 Å². The molecule has 3 N–H and O–H groups in total. The monoisotopic (exact) mass is 338 g/mol. The lowest BCUT2D eigenvalue weighted by Crippen LogP contribution is -2.49. The maximum absolute atomic E-state index is 12.7. The van der Waals surface area contributed by atoms with E-state index in [1.807, 2.05) is 6.92 Å². The highest BCUT2D eigenvalue weighted by molar-refractivity contribution is 7.09. The average molecular weight is 338 g/mol. The highest BCUT2D eigenvalue weighted by Gasteiger charge is 2.33. The first-order valence-electron chi connectivity index (χ1n) is 8.30.